The molecule has 166 valence electrons. The van der Waals surface area contributed by atoms with E-state index in [4.69, 9.17) is 9.47 Å². The van der Waals surface area contributed by atoms with Crippen LogP contribution in [0.15, 0.2) is 30.3 Å². The Morgan fingerprint density at radius 2 is 1.83 bits per heavy atom. The molecular formula is C20H25F3N2O5. The number of alkyl halides is 3. The number of rotatable bonds is 7. The van der Waals surface area contributed by atoms with Gasteiger partial charge in [-0.15, -0.1) is 0 Å². The fourth-order valence-electron chi connectivity index (χ4n) is 3.53. The van der Waals surface area contributed by atoms with Gasteiger partial charge in [-0.1, -0.05) is 37.3 Å². The van der Waals surface area contributed by atoms with Crippen molar-refractivity contribution in [2.24, 2.45) is 5.92 Å². The zero-order chi connectivity index (χ0) is 22.3. The van der Waals surface area contributed by atoms with E-state index in [2.05, 4.69) is 0 Å². The predicted molar refractivity (Wildman–Crippen MR) is 100 cm³/mol. The Labute approximate surface area is 172 Å². The van der Waals surface area contributed by atoms with Crippen LogP contribution in [0, 0.1) is 5.92 Å². The van der Waals surface area contributed by atoms with Gasteiger partial charge in [-0.05, 0) is 25.3 Å². The quantitative estimate of drug-likeness (QED) is 0.673. The number of benzene rings is 1. The fraction of sp³-hybridized carbons (Fsp3) is 0.550. The fourth-order valence-corrected chi connectivity index (χ4v) is 3.53. The summed E-state index contributed by atoms with van der Waals surface area (Å²) in [5.41, 5.74) is 0.737. The number of hydrogen-bond acceptors (Lipinski definition) is 5. The van der Waals surface area contributed by atoms with Gasteiger partial charge in [0, 0.05) is 6.54 Å². The first-order valence-corrected chi connectivity index (χ1v) is 9.70. The lowest BCUT2D eigenvalue weighted by atomic mass is 9.91. The van der Waals surface area contributed by atoms with Gasteiger partial charge in [0.05, 0.1) is 24.6 Å². The molecule has 7 nitrogen and oxygen atoms in total. The zero-order valence-electron chi connectivity index (χ0n) is 16.8. The minimum absolute atomic E-state index is 0.0291. The molecule has 1 saturated heterocycles. The van der Waals surface area contributed by atoms with Gasteiger partial charge < -0.3 is 19.7 Å². The largest absolute Gasteiger partial charge is 0.471 e. The van der Waals surface area contributed by atoms with E-state index in [1.807, 2.05) is 5.32 Å². The number of esters is 1. The molecule has 30 heavy (non-hydrogen) atoms. The average Bonchev–Trinajstić information content (AvgIpc) is 3.10. The highest BCUT2D eigenvalue weighted by molar-refractivity contribution is 5.82. The third-order valence-corrected chi connectivity index (χ3v) is 4.91. The molecule has 0 saturated carbocycles. The summed E-state index contributed by atoms with van der Waals surface area (Å²) in [4.78, 5) is 37.8. The molecule has 1 aliphatic heterocycles. The van der Waals surface area contributed by atoms with Crippen LogP contribution in [0.25, 0.3) is 0 Å². The van der Waals surface area contributed by atoms with Gasteiger partial charge in [-0.3, -0.25) is 9.59 Å². The van der Waals surface area contributed by atoms with Gasteiger partial charge >= 0.3 is 24.1 Å². The average molecular weight is 430 g/mol. The summed E-state index contributed by atoms with van der Waals surface area (Å²) in [7, 11) is 0. The molecule has 1 N–H and O–H groups in total. The van der Waals surface area contributed by atoms with Crippen molar-refractivity contribution in [3.8, 4) is 0 Å². The molecule has 0 radical (unpaired) electrons. The van der Waals surface area contributed by atoms with Crippen LogP contribution in [0.5, 0.6) is 0 Å². The van der Waals surface area contributed by atoms with E-state index in [1.165, 1.54) is 4.90 Å². The number of halogens is 3. The van der Waals surface area contributed by atoms with E-state index in [9.17, 15) is 27.6 Å². The Balaban J connectivity index is 2.20. The maximum Gasteiger partial charge on any atom is 0.471 e. The van der Waals surface area contributed by atoms with E-state index >= 15 is 0 Å². The molecule has 1 fully saturated rings. The number of amides is 2. The van der Waals surface area contributed by atoms with Gasteiger partial charge in [-0.2, -0.15) is 13.2 Å². The molecule has 1 unspecified atom stereocenters. The minimum Gasteiger partial charge on any atom is -0.466 e. The van der Waals surface area contributed by atoms with Crippen molar-refractivity contribution in [3.05, 3.63) is 35.9 Å². The highest BCUT2D eigenvalue weighted by atomic mass is 19.4. The van der Waals surface area contributed by atoms with E-state index < -0.39 is 42.1 Å². The van der Waals surface area contributed by atoms with Crippen LogP contribution in [0.4, 0.5) is 18.0 Å². The first kappa shape index (κ1) is 23.5. The summed E-state index contributed by atoms with van der Waals surface area (Å²) in [5, 5.41) is 1.92. The molecule has 1 aliphatic rings. The molecule has 3 atom stereocenters. The first-order valence-electron chi connectivity index (χ1n) is 9.70. The Kier molecular flexibility index (Phi) is 8.08. The Morgan fingerprint density at radius 1 is 1.17 bits per heavy atom. The monoisotopic (exact) mass is 430 g/mol. The van der Waals surface area contributed by atoms with Crippen molar-refractivity contribution in [2.75, 3.05) is 13.2 Å². The molecule has 0 aromatic heterocycles. The lowest BCUT2D eigenvalue weighted by molar-refractivity contribution is -0.174. The van der Waals surface area contributed by atoms with E-state index in [1.54, 1.807) is 44.2 Å². The summed E-state index contributed by atoms with van der Waals surface area (Å²) in [6.45, 7) is 3.36. The van der Waals surface area contributed by atoms with E-state index in [0.717, 1.165) is 5.56 Å². The minimum atomic E-state index is -5.07. The normalized spacial score (nSPS) is 19.8. The molecule has 0 aliphatic carbocycles. The van der Waals surface area contributed by atoms with Crippen LogP contribution in [0.2, 0.25) is 0 Å². The van der Waals surface area contributed by atoms with Crippen LogP contribution in [-0.4, -0.2) is 54.3 Å². The highest BCUT2D eigenvalue weighted by Crippen LogP contribution is 2.30. The lowest BCUT2D eigenvalue weighted by Gasteiger charge is -2.33. The van der Waals surface area contributed by atoms with Crippen LogP contribution < -0.4 is 5.32 Å². The number of carbonyl (C=O) groups is 3. The number of nitrogens with zero attached hydrogens (tertiary/aromatic N) is 1. The van der Waals surface area contributed by atoms with Gasteiger partial charge in [0.2, 0.25) is 0 Å². The molecule has 1 heterocycles. The van der Waals surface area contributed by atoms with Gasteiger partial charge in [-0.25, -0.2) is 4.79 Å². The Hall–Kier alpha value is -2.78. The Morgan fingerprint density at radius 3 is 2.40 bits per heavy atom. The smallest absolute Gasteiger partial charge is 0.466 e. The summed E-state index contributed by atoms with van der Waals surface area (Å²) >= 11 is 0. The second-order valence-corrected chi connectivity index (χ2v) is 6.86. The van der Waals surface area contributed by atoms with Gasteiger partial charge in [0.1, 0.15) is 6.61 Å². The van der Waals surface area contributed by atoms with Crippen molar-refractivity contribution in [1.29, 1.82) is 0 Å². The SMILES string of the molecule is CCOC(=O)C(CC)[C@@H]1[C@@H](NC(=O)C(F)(F)F)CCN1C(=O)OCc1ccccc1. The summed E-state index contributed by atoms with van der Waals surface area (Å²) in [6.07, 6.45) is -5.57. The molecule has 1 aromatic rings. The van der Waals surface area contributed by atoms with Gasteiger partial charge in [0.25, 0.3) is 0 Å². The second-order valence-electron chi connectivity index (χ2n) is 6.86. The molecule has 1 aromatic carbocycles. The van der Waals surface area contributed by atoms with Crippen LogP contribution in [0.3, 0.4) is 0 Å². The maximum absolute atomic E-state index is 12.7. The molecular weight excluding hydrogens is 405 g/mol. The van der Waals surface area contributed by atoms with Crippen LogP contribution >= 0.6 is 0 Å². The van der Waals surface area contributed by atoms with Crippen molar-refractivity contribution < 1.29 is 37.0 Å². The van der Waals surface area contributed by atoms with Crippen molar-refractivity contribution in [3.63, 3.8) is 0 Å². The second kappa shape index (κ2) is 10.3. The van der Waals surface area contributed by atoms with E-state index in [0.29, 0.717) is 0 Å². The summed E-state index contributed by atoms with van der Waals surface area (Å²) in [5.74, 6) is -3.66. The van der Waals surface area contributed by atoms with Gasteiger partial charge in [0.15, 0.2) is 0 Å². The maximum atomic E-state index is 12.7. The van der Waals surface area contributed by atoms with Crippen molar-refractivity contribution in [2.45, 2.75) is 51.6 Å². The molecule has 10 heteroatoms. The predicted octanol–water partition coefficient (Wildman–Crippen LogP) is 3.03. The number of carbonyl (C=O) groups excluding carboxylic acids is 3. The van der Waals surface area contributed by atoms with Crippen molar-refractivity contribution >= 4 is 18.0 Å². The number of ether oxygens (including phenoxy) is 2. The zero-order valence-corrected chi connectivity index (χ0v) is 16.8. The topological polar surface area (TPSA) is 84.9 Å². The number of likely N-dealkylation sites (tertiary alicyclic amines) is 1. The number of hydrogen-bond donors (Lipinski definition) is 1. The standard InChI is InChI=1S/C20H25F3N2O5/c1-3-14(17(26)29-4-2)16-15(24-18(27)20(21,22)23)10-11-25(16)19(28)30-12-13-8-6-5-7-9-13/h5-9,14-16H,3-4,10-12H2,1-2H3,(H,24,27)/t14?,15-,16+/m0/s1. The van der Waals surface area contributed by atoms with Crippen molar-refractivity contribution in [1.82, 2.24) is 10.2 Å². The third kappa shape index (κ3) is 5.87. The summed E-state index contributed by atoms with van der Waals surface area (Å²) < 4.78 is 48.6. The van der Waals surface area contributed by atoms with Crippen LogP contribution in [0.1, 0.15) is 32.3 Å². The molecule has 2 rings (SSSR count). The third-order valence-electron chi connectivity index (χ3n) is 4.91. The van der Waals surface area contributed by atoms with Crippen LogP contribution in [-0.2, 0) is 25.7 Å². The molecule has 0 bridgehead atoms. The first-order chi connectivity index (χ1) is 14.2. The van der Waals surface area contributed by atoms with E-state index in [-0.39, 0.29) is 32.6 Å². The molecule has 2 amide bonds. The lowest BCUT2D eigenvalue weighted by Crippen LogP contribution is -2.54. The Bertz CT molecular complexity index is 742. The highest BCUT2D eigenvalue weighted by Gasteiger charge is 2.48. The summed E-state index contributed by atoms with van der Waals surface area (Å²) in [6, 6.07) is 6.81. The molecule has 0 spiro atoms. The number of nitrogens with one attached hydrogen (secondary N) is 1.